The van der Waals surface area contributed by atoms with Crippen LogP contribution < -0.4 is 5.73 Å². The number of aromatic nitrogens is 2. The highest BCUT2D eigenvalue weighted by Crippen LogP contribution is 2.07. The van der Waals surface area contributed by atoms with E-state index in [2.05, 4.69) is 9.97 Å². The normalized spacial score (nSPS) is 13.0. The third-order valence-corrected chi connectivity index (χ3v) is 1.42. The lowest BCUT2D eigenvalue weighted by atomic mass is 10.2. The van der Waals surface area contributed by atoms with Gasteiger partial charge >= 0.3 is 0 Å². The van der Waals surface area contributed by atoms with E-state index in [9.17, 15) is 0 Å². The Morgan fingerprint density at radius 3 is 3.00 bits per heavy atom. The van der Waals surface area contributed by atoms with Crippen molar-refractivity contribution in [3.8, 4) is 0 Å². The van der Waals surface area contributed by atoms with Gasteiger partial charge in [0, 0.05) is 12.2 Å². The van der Waals surface area contributed by atoms with Gasteiger partial charge in [-0.25, -0.2) is 9.97 Å². The molecule has 10 heavy (non-hydrogen) atoms. The van der Waals surface area contributed by atoms with Gasteiger partial charge in [0.05, 0.1) is 5.69 Å². The van der Waals surface area contributed by atoms with E-state index in [4.69, 9.17) is 5.73 Å². The van der Waals surface area contributed by atoms with E-state index in [-0.39, 0.29) is 6.04 Å². The van der Waals surface area contributed by atoms with Crippen LogP contribution in [-0.4, -0.2) is 9.97 Å². The maximum atomic E-state index is 5.70. The summed E-state index contributed by atoms with van der Waals surface area (Å²) in [5.41, 5.74) is 6.62. The SMILES string of the molecule is CCC(N)c1ccncn1. The molecule has 0 saturated carbocycles. The van der Waals surface area contributed by atoms with E-state index in [1.165, 1.54) is 6.33 Å². The highest BCUT2D eigenvalue weighted by molar-refractivity contribution is 5.02. The Morgan fingerprint density at radius 1 is 1.70 bits per heavy atom. The second-order valence-electron chi connectivity index (χ2n) is 2.15. The van der Waals surface area contributed by atoms with Crippen LogP contribution in [0.5, 0.6) is 0 Å². The highest BCUT2D eigenvalue weighted by atomic mass is 14.8. The average molecular weight is 137 g/mol. The predicted octanol–water partition coefficient (Wildman–Crippen LogP) is 0.886. The van der Waals surface area contributed by atoms with Crippen molar-refractivity contribution in [1.82, 2.24) is 9.97 Å². The number of hydrogen-bond donors (Lipinski definition) is 1. The first-order valence-electron chi connectivity index (χ1n) is 3.36. The molecule has 1 aromatic heterocycles. The van der Waals surface area contributed by atoms with Crippen molar-refractivity contribution >= 4 is 0 Å². The van der Waals surface area contributed by atoms with Gasteiger partial charge in [-0.05, 0) is 12.5 Å². The average Bonchev–Trinajstić information content (AvgIpc) is 2.05. The molecular weight excluding hydrogens is 126 g/mol. The lowest BCUT2D eigenvalue weighted by Crippen LogP contribution is -2.10. The van der Waals surface area contributed by atoms with Gasteiger partial charge in [-0.15, -0.1) is 0 Å². The summed E-state index contributed by atoms with van der Waals surface area (Å²) in [5.74, 6) is 0. The fraction of sp³-hybridized carbons (Fsp3) is 0.429. The summed E-state index contributed by atoms with van der Waals surface area (Å²) in [6.07, 6.45) is 4.14. The van der Waals surface area contributed by atoms with E-state index >= 15 is 0 Å². The molecule has 2 N–H and O–H groups in total. The zero-order chi connectivity index (χ0) is 7.40. The summed E-state index contributed by atoms with van der Waals surface area (Å²) >= 11 is 0. The number of nitrogens with two attached hydrogens (primary N) is 1. The Kier molecular flexibility index (Phi) is 2.34. The van der Waals surface area contributed by atoms with Crippen LogP contribution in [0.3, 0.4) is 0 Å². The molecule has 0 aliphatic carbocycles. The van der Waals surface area contributed by atoms with Crippen LogP contribution in [0, 0.1) is 0 Å². The predicted molar refractivity (Wildman–Crippen MR) is 39.3 cm³/mol. The molecule has 0 saturated heterocycles. The van der Waals surface area contributed by atoms with Crippen molar-refractivity contribution in [3.63, 3.8) is 0 Å². The Balaban J connectivity index is 2.75. The zero-order valence-electron chi connectivity index (χ0n) is 5.99. The van der Waals surface area contributed by atoms with Crippen LogP contribution in [0.2, 0.25) is 0 Å². The lowest BCUT2D eigenvalue weighted by molar-refractivity contribution is 0.672. The standard InChI is InChI=1S/C7H11N3/c1-2-6(8)7-3-4-9-5-10-7/h3-6H,2,8H2,1H3. The summed E-state index contributed by atoms with van der Waals surface area (Å²) in [6.45, 7) is 2.03. The number of nitrogens with zero attached hydrogens (tertiary/aromatic N) is 2. The maximum Gasteiger partial charge on any atom is 0.115 e. The molecule has 0 spiro atoms. The summed E-state index contributed by atoms with van der Waals surface area (Å²) in [7, 11) is 0. The van der Waals surface area contributed by atoms with Gasteiger partial charge in [0.2, 0.25) is 0 Å². The molecule has 1 atom stereocenters. The maximum absolute atomic E-state index is 5.70. The summed E-state index contributed by atoms with van der Waals surface area (Å²) < 4.78 is 0. The molecule has 0 aliphatic heterocycles. The molecule has 0 amide bonds. The molecule has 1 heterocycles. The molecule has 1 unspecified atom stereocenters. The topological polar surface area (TPSA) is 51.8 Å². The monoisotopic (exact) mass is 137 g/mol. The van der Waals surface area contributed by atoms with Gasteiger partial charge in [0.15, 0.2) is 0 Å². The second-order valence-corrected chi connectivity index (χ2v) is 2.15. The second kappa shape index (κ2) is 3.27. The molecule has 54 valence electrons. The fourth-order valence-electron chi connectivity index (χ4n) is 0.729. The summed E-state index contributed by atoms with van der Waals surface area (Å²) in [5, 5.41) is 0. The molecule has 0 radical (unpaired) electrons. The minimum atomic E-state index is 0.0583. The molecule has 3 heteroatoms. The Labute approximate surface area is 60.3 Å². The van der Waals surface area contributed by atoms with Crippen LogP contribution >= 0.6 is 0 Å². The molecular formula is C7H11N3. The Morgan fingerprint density at radius 2 is 2.50 bits per heavy atom. The Bertz CT molecular complexity index is 185. The van der Waals surface area contributed by atoms with Crippen LogP contribution in [0.15, 0.2) is 18.6 Å². The van der Waals surface area contributed by atoms with Crippen LogP contribution in [-0.2, 0) is 0 Å². The van der Waals surface area contributed by atoms with Crippen LogP contribution in [0.25, 0.3) is 0 Å². The zero-order valence-corrected chi connectivity index (χ0v) is 5.99. The number of rotatable bonds is 2. The van der Waals surface area contributed by atoms with Crippen molar-refractivity contribution in [1.29, 1.82) is 0 Å². The molecule has 0 fully saturated rings. The first-order valence-corrected chi connectivity index (χ1v) is 3.36. The molecule has 0 aromatic carbocycles. The van der Waals surface area contributed by atoms with Gasteiger partial charge < -0.3 is 5.73 Å². The van der Waals surface area contributed by atoms with E-state index in [0.29, 0.717) is 0 Å². The van der Waals surface area contributed by atoms with Crippen LogP contribution in [0.1, 0.15) is 25.1 Å². The first-order chi connectivity index (χ1) is 4.84. The van der Waals surface area contributed by atoms with Crippen LogP contribution in [0.4, 0.5) is 0 Å². The quantitative estimate of drug-likeness (QED) is 0.658. The fourth-order valence-corrected chi connectivity index (χ4v) is 0.729. The smallest absolute Gasteiger partial charge is 0.115 e. The third kappa shape index (κ3) is 1.51. The van der Waals surface area contributed by atoms with Crippen molar-refractivity contribution in [2.45, 2.75) is 19.4 Å². The van der Waals surface area contributed by atoms with E-state index in [1.807, 2.05) is 13.0 Å². The van der Waals surface area contributed by atoms with Gasteiger partial charge in [0.1, 0.15) is 6.33 Å². The summed E-state index contributed by atoms with van der Waals surface area (Å²) in [6, 6.07) is 1.90. The van der Waals surface area contributed by atoms with Crippen molar-refractivity contribution in [2.24, 2.45) is 5.73 Å². The van der Waals surface area contributed by atoms with Gasteiger partial charge in [-0.1, -0.05) is 6.92 Å². The van der Waals surface area contributed by atoms with Gasteiger partial charge in [-0.2, -0.15) is 0 Å². The van der Waals surface area contributed by atoms with E-state index < -0.39 is 0 Å². The molecule has 0 aliphatic rings. The van der Waals surface area contributed by atoms with Crippen molar-refractivity contribution < 1.29 is 0 Å². The largest absolute Gasteiger partial charge is 0.323 e. The number of hydrogen-bond acceptors (Lipinski definition) is 3. The first kappa shape index (κ1) is 7.15. The minimum Gasteiger partial charge on any atom is -0.323 e. The molecule has 3 nitrogen and oxygen atoms in total. The molecule has 1 rings (SSSR count). The van der Waals surface area contributed by atoms with Crippen molar-refractivity contribution in [2.75, 3.05) is 0 Å². The highest BCUT2D eigenvalue weighted by Gasteiger charge is 2.01. The van der Waals surface area contributed by atoms with E-state index in [1.54, 1.807) is 6.20 Å². The van der Waals surface area contributed by atoms with E-state index in [0.717, 1.165) is 12.1 Å². The summed E-state index contributed by atoms with van der Waals surface area (Å²) in [4.78, 5) is 7.81. The minimum absolute atomic E-state index is 0.0583. The third-order valence-electron chi connectivity index (χ3n) is 1.42. The lowest BCUT2D eigenvalue weighted by Gasteiger charge is -2.05. The van der Waals surface area contributed by atoms with Gasteiger partial charge in [-0.3, -0.25) is 0 Å². The molecule has 1 aromatic rings. The van der Waals surface area contributed by atoms with Gasteiger partial charge in [0.25, 0.3) is 0 Å². The Hall–Kier alpha value is -0.960. The molecule has 0 bridgehead atoms. The van der Waals surface area contributed by atoms with Crippen molar-refractivity contribution in [3.05, 3.63) is 24.3 Å².